The van der Waals surface area contributed by atoms with E-state index in [1.807, 2.05) is 24.3 Å². The van der Waals surface area contributed by atoms with E-state index in [0.29, 0.717) is 6.42 Å². The zero-order valence-electron chi connectivity index (χ0n) is 9.24. The minimum atomic E-state index is -0.252. The van der Waals surface area contributed by atoms with E-state index < -0.39 is 0 Å². The number of rotatable bonds is 3. The molecule has 0 N–H and O–H groups in total. The molecule has 0 saturated carbocycles. The third kappa shape index (κ3) is 3.52. The van der Waals surface area contributed by atoms with Crippen molar-refractivity contribution in [1.29, 1.82) is 0 Å². The molecular weight excluding hydrogens is 218 g/mol. The van der Waals surface area contributed by atoms with Crippen LogP contribution in [0.4, 0.5) is 8.78 Å². The number of benzene rings is 2. The second-order valence-electron chi connectivity index (χ2n) is 3.79. The number of halogens is 2. The lowest BCUT2D eigenvalue weighted by Gasteiger charge is -1.96. The topological polar surface area (TPSA) is 0 Å². The van der Waals surface area contributed by atoms with Crippen LogP contribution in [0.2, 0.25) is 0 Å². The molecule has 0 saturated heterocycles. The van der Waals surface area contributed by atoms with E-state index in [1.165, 1.54) is 24.3 Å². The molecule has 0 bridgehead atoms. The first-order chi connectivity index (χ1) is 8.24. The zero-order valence-corrected chi connectivity index (χ0v) is 9.24. The first kappa shape index (κ1) is 11.5. The third-order valence-corrected chi connectivity index (χ3v) is 2.40. The van der Waals surface area contributed by atoms with E-state index in [1.54, 1.807) is 12.1 Å². The van der Waals surface area contributed by atoms with Gasteiger partial charge in [0, 0.05) is 0 Å². The molecule has 0 amide bonds. The van der Waals surface area contributed by atoms with Crippen molar-refractivity contribution in [3.63, 3.8) is 0 Å². The van der Waals surface area contributed by atoms with Gasteiger partial charge in [0.1, 0.15) is 11.6 Å². The van der Waals surface area contributed by atoms with Crippen LogP contribution in [0.1, 0.15) is 11.1 Å². The molecule has 2 aromatic rings. The third-order valence-electron chi connectivity index (χ3n) is 2.40. The molecule has 0 aliphatic carbocycles. The molecule has 0 aliphatic rings. The van der Waals surface area contributed by atoms with Crippen molar-refractivity contribution in [2.45, 2.75) is 6.42 Å². The second kappa shape index (κ2) is 5.39. The largest absolute Gasteiger partial charge is 0.207 e. The summed E-state index contributed by atoms with van der Waals surface area (Å²) in [6.45, 7) is 0. The van der Waals surface area contributed by atoms with Gasteiger partial charge in [-0.15, -0.1) is 0 Å². The lowest BCUT2D eigenvalue weighted by atomic mass is 10.1. The number of hydrogen-bond donors (Lipinski definition) is 0. The molecule has 86 valence electrons. The van der Waals surface area contributed by atoms with Crippen molar-refractivity contribution in [3.05, 3.63) is 77.4 Å². The Morgan fingerprint density at radius 1 is 0.882 bits per heavy atom. The monoisotopic (exact) mass is 230 g/mol. The van der Waals surface area contributed by atoms with Crippen LogP contribution in [0.25, 0.3) is 6.08 Å². The molecule has 0 aliphatic heterocycles. The van der Waals surface area contributed by atoms with Crippen molar-refractivity contribution in [2.75, 3.05) is 0 Å². The molecule has 2 rings (SSSR count). The molecule has 0 aromatic heterocycles. The van der Waals surface area contributed by atoms with E-state index in [9.17, 15) is 8.78 Å². The Kier molecular flexibility index (Phi) is 3.66. The maximum Gasteiger partial charge on any atom is 0.123 e. The van der Waals surface area contributed by atoms with Crippen molar-refractivity contribution < 1.29 is 8.78 Å². The molecule has 0 radical (unpaired) electrons. The van der Waals surface area contributed by atoms with E-state index in [4.69, 9.17) is 0 Å². The fraction of sp³-hybridized carbons (Fsp3) is 0.0667. The Balaban J connectivity index is 2.03. The van der Waals surface area contributed by atoms with Gasteiger partial charge in [0.2, 0.25) is 0 Å². The Morgan fingerprint density at radius 3 is 2.29 bits per heavy atom. The highest BCUT2D eigenvalue weighted by Crippen LogP contribution is 2.08. The predicted octanol–water partition coefficient (Wildman–Crippen LogP) is 4.22. The molecule has 2 aromatic carbocycles. The molecule has 0 nitrogen and oxygen atoms in total. The van der Waals surface area contributed by atoms with Crippen LogP contribution >= 0.6 is 0 Å². The van der Waals surface area contributed by atoms with Crippen LogP contribution < -0.4 is 0 Å². The van der Waals surface area contributed by atoms with Crippen LogP contribution in [0, 0.1) is 11.6 Å². The van der Waals surface area contributed by atoms with Gasteiger partial charge < -0.3 is 0 Å². The van der Waals surface area contributed by atoms with E-state index in [2.05, 4.69) is 0 Å². The summed E-state index contributed by atoms with van der Waals surface area (Å²) in [5.41, 5.74) is 1.71. The minimum Gasteiger partial charge on any atom is -0.207 e. The van der Waals surface area contributed by atoms with Crippen LogP contribution in [0.15, 0.2) is 54.6 Å². The van der Waals surface area contributed by atoms with E-state index in [-0.39, 0.29) is 11.6 Å². The molecule has 0 fully saturated rings. The molecule has 2 heteroatoms. The molecule has 17 heavy (non-hydrogen) atoms. The second-order valence-corrected chi connectivity index (χ2v) is 3.79. The van der Waals surface area contributed by atoms with E-state index in [0.717, 1.165) is 11.1 Å². The maximum absolute atomic E-state index is 12.9. The van der Waals surface area contributed by atoms with Gasteiger partial charge in [-0.25, -0.2) is 8.78 Å². The highest BCUT2D eigenvalue weighted by Gasteiger charge is 1.93. The Labute approximate surface area is 99.2 Å². The molecule has 0 spiro atoms. The number of hydrogen-bond acceptors (Lipinski definition) is 0. The van der Waals surface area contributed by atoms with Crippen molar-refractivity contribution >= 4 is 6.08 Å². The van der Waals surface area contributed by atoms with Gasteiger partial charge in [0.05, 0.1) is 0 Å². The van der Waals surface area contributed by atoms with Gasteiger partial charge in [-0.1, -0.05) is 36.4 Å². The lowest BCUT2D eigenvalue weighted by molar-refractivity contribution is 0.626. The van der Waals surface area contributed by atoms with Crippen molar-refractivity contribution in [2.24, 2.45) is 0 Å². The van der Waals surface area contributed by atoms with Crippen molar-refractivity contribution in [3.8, 4) is 0 Å². The van der Waals surface area contributed by atoms with Crippen LogP contribution in [-0.2, 0) is 6.42 Å². The highest BCUT2D eigenvalue weighted by atomic mass is 19.1. The first-order valence-corrected chi connectivity index (χ1v) is 5.40. The molecule has 0 atom stereocenters. The predicted molar refractivity (Wildman–Crippen MR) is 65.5 cm³/mol. The standard InChI is InChI=1S/C15H12F2/c16-14-8-2-6-12(10-14)4-1-5-13-7-3-9-15(17)11-13/h1-4,6-11H,5H2/b4-1+. The highest BCUT2D eigenvalue weighted by molar-refractivity contribution is 5.49. The average molecular weight is 230 g/mol. The van der Waals surface area contributed by atoms with E-state index >= 15 is 0 Å². The quantitative estimate of drug-likeness (QED) is 0.740. The minimum absolute atomic E-state index is 0.235. The normalized spacial score (nSPS) is 10.9. The summed E-state index contributed by atoms with van der Waals surface area (Å²) in [4.78, 5) is 0. The van der Waals surface area contributed by atoms with Gasteiger partial charge in [-0.05, 0) is 41.8 Å². The Bertz CT molecular complexity index is 530. The summed E-state index contributed by atoms with van der Waals surface area (Å²) in [6, 6.07) is 12.8. The summed E-state index contributed by atoms with van der Waals surface area (Å²) >= 11 is 0. The maximum atomic E-state index is 12.9. The summed E-state index contributed by atoms with van der Waals surface area (Å²) in [5, 5.41) is 0. The summed E-state index contributed by atoms with van der Waals surface area (Å²) < 4.78 is 25.8. The van der Waals surface area contributed by atoms with Gasteiger partial charge in [0.15, 0.2) is 0 Å². The molecular formula is C15H12F2. The average Bonchev–Trinajstić information content (AvgIpc) is 2.29. The summed E-state index contributed by atoms with van der Waals surface area (Å²) in [6.07, 6.45) is 4.35. The van der Waals surface area contributed by atoms with Gasteiger partial charge in [-0.3, -0.25) is 0 Å². The molecule has 0 heterocycles. The van der Waals surface area contributed by atoms with Gasteiger partial charge >= 0.3 is 0 Å². The SMILES string of the molecule is Fc1cccc(/C=C/Cc2cccc(F)c2)c1. The summed E-state index contributed by atoms with van der Waals surface area (Å²) in [5.74, 6) is -0.487. The fourth-order valence-electron chi connectivity index (χ4n) is 1.61. The van der Waals surface area contributed by atoms with Crippen LogP contribution in [0.5, 0.6) is 0 Å². The first-order valence-electron chi connectivity index (χ1n) is 5.40. The van der Waals surface area contributed by atoms with Gasteiger partial charge in [0.25, 0.3) is 0 Å². The smallest absolute Gasteiger partial charge is 0.123 e. The zero-order chi connectivity index (χ0) is 12.1. The Hall–Kier alpha value is -1.96. The fourth-order valence-corrected chi connectivity index (χ4v) is 1.61. The lowest BCUT2D eigenvalue weighted by Crippen LogP contribution is -1.82. The van der Waals surface area contributed by atoms with Crippen LogP contribution in [-0.4, -0.2) is 0 Å². The van der Waals surface area contributed by atoms with Crippen molar-refractivity contribution in [1.82, 2.24) is 0 Å². The Morgan fingerprint density at radius 2 is 1.59 bits per heavy atom. The number of allylic oxidation sites excluding steroid dienone is 1. The molecule has 0 unspecified atom stereocenters. The van der Waals surface area contributed by atoms with Crippen LogP contribution in [0.3, 0.4) is 0 Å². The van der Waals surface area contributed by atoms with Gasteiger partial charge in [-0.2, -0.15) is 0 Å². The summed E-state index contributed by atoms with van der Waals surface area (Å²) in [7, 11) is 0.